The maximum absolute atomic E-state index is 6.05. The Balaban J connectivity index is 2.20. The molecule has 2 nitrogen and oxygen atoms in total. The van der Waals surface area contributed by atoms with Crippen LogP contribution in [0.4, 0.5) is 0 Å². The van der Waals surface area contributed by atoms with E-state index in [0.717, 1.165) is 19.6 Å². The zero-order valence-corrected chi connectivity index (χ0v) is 12.9. The van der Waals surface area contributed by atoms with E-state index in [1.807, 2.05) is 0 Å². The second-order valence-electron chi connectivity index (χ2n) is 6.22. The van der Waals surface area contributed by atoms with Crippen LogP contribution in [-0.2, 0) is 4.74 Å². The van der Waals surface area contributed by atoms with Gasteiger partial charge in [-0.25, -0.2) is 0 Å². The molecule has 0 bridgehead atoms. The van der Waals surface area contributed by atoms with E-state index in [0.29, 0.717) is 12.0 Å². The minimum atomic E-state index is 0.270. The van der Waals surface area contributed by atoms with Crippen LogP contribution in [0.15, 0.2) is 12.1 Å². The maximum Gasteiger partial charge on any atom is 0.0871 e. The van der Waals surface area contributed by atoms with Crippen molar-refractivity contribution < 1.29 is 4.74 Å². The highest BCUT2D eigenvalue weighted by molar-refractivity contribution is 5.39. The number of ether oxygens (including phenoxy) is 1. The Labute approximate surface area is 117 Å². The predicted octanol–water partition coefficient (Wildman–Crippen LogP) is 3.69. The fourth-order valence-electron chi connectivity index (χ4n) is 3.19. The van der Waals surface area contributed by atoms with Gasteiger partial charge in [0.05, 0.1) is 6.10 Å². The third-order valence-electron chi connectivity index (χ3n) is 4.03. The van der Waals surface area contributed by atoms with Gasteiger partial charge in [0, 0.05) is 25.1 Å². The van der Waals surface area contributed by atoms with Crippen molar-refractivity contribution in [3.05, 3.63) is 34.4 Å². The van der Waals surface area contributed by atoms with Crippen molar-refractivity contribution in [3.63, 3.8) is 0 Å². The van der Waals surface area contributed by atoms with Gasteiger partial charge in [0.25, 0.3) is 0 Å². The molecule has 2 atom stereocenters. The van der Waals surface area contributed by atoms with Crippen LogP contribution in [0.25, 0.3) is 0 Å². The van der Waals surface area contributed by atoms with E-state index >= 15 is 0 Å². The molecule has 1 N–H and O–H groups in total. The van der Waals surface area contributed by atoms with E-state index in [1.54, 1.807) is 0 Å². The highest BCUT2D eigenvalue weighted by atomic mass is 16.5. The monoisotopic (exact) mass is 261 g/mol. The standard InChI is InChI=1S/C17H27NO/c1-11(2)18-10-15-6-7-19-17(15)16-13(4)8-12(3)9-14(16)5/h8-9,11,15,17-18H,6-7,10H2,1-5H3. The zero-order chi connectivity index (χ0) is 14.0. The first-order valence-electron chi connectivity index (χ1n) is 7.41. The lowest BCUT2D eigenvalue weighted by molar-refractivity contribution is 0.0890. The maximum atomic E-state index is 6.05. The Bertz CT molecular complexity index is 416. The molecule has 0 amide bonds. The van der Waals surface area contributed by atoms with Crippen LogP contribution < -0.4 is 5.32 Å². The lowest BCUT2D eigenvalue weighted by Gasteiger charge is -2.24. The number of hydrogen-bond donors (Lipinski definition) is 1. The van der Waals surface area contributed by atoms with E-state index in [1.165, 1.54) is 22.3 Å². The molecule has 1 fully saturated rings. The van der Waals surface area contributed by atoms with Crippen molar-refractivity contribution >= 4 is 0 Å². The molecule has 0 saturated carbocycles. The molecule has 19 heavy (non-hydrogen) atoms. The van der Waals surface area contributed by atoms with Gasteiger partial charge in [-0.2, -0.15) is 0 Å². The molecule has 1 aromatic rings. The van der Waals surface area contributed by atoms with Crippen LogP contribution in [-0.4, -0.2) is 19.2 Å². The fourth-order valence-corrected chi connectivity index (χ4v) is 3.19. The summed E-state index contributed by atoms with van der Waals surface area (Å²) in [7, 11) is 0. The fraction of sp³-hybridized carbons (Fsp3) is 0.647. The molecule has 1 heterocycles. The van der Waals surface area contributed by atoms with Gasteiger partial charge < -0.3 is 10.1 Å². The number of hydrogen-bond acceptors (Lipinski definition) is 2. The van der Waals surface area contributed by atoms with E-state index in [9.17, 15) is 0 Å². The summed E-state index contributed by atoms with van der Waals surface area (Å²) in [4.78, 5) is 0. The molecule has 2 heteroatoms. The smallest absolute Gasteiger partial charge is 0.0871 e. The van der Waals surface area contributed by atoms with Gasteiger partial charge in [0.15, 0.2) is 0 Å². The van der Waals surface area contributed by atoms with Gasteiger partial charge in [0.1, 0.15) is 0 Å². The summed E-state index contributed by atoms with van der Waals surface area (Å²) in [6.45, 7) is 12.9. The molecule has 0 radical (unpaired) electrons. The van der Waals surface area contributed by atoms with Gasteiger partial charge in [0.2, 0.25) is 0 Å². The van der Waals surface area contributed by atoms with Gasteiger partial charge in [-0.1, -0.05) is 31.5 Å². The quantitative estimate of drug-likeness (QED) is 0.892. The first kappa shape index (κ1) is 14.5. The molecule has 1 aromatic carbocycles. The number of benzene rings is 1. The van der Waals surface area contributed by atoms with Gasteiger partial charge in [-0.15, -0.1) is 0 Å². The van der Waals surface area contributed by atoms with Crippen molar-refractivity contribution in [1.82, 2.24) is 5.32 Å². The van der Waals surface area contributed by atoms with Crippen molar-refractivity contribution in [1.29, 1.82) is 0 Å². The molecule has 1 aliphatic rings. The largest absolute Gasteiger partial charge is 0.373 e. The zero-order valence-electron chi connectivity index (χ0n) is 12.9. The molecule has 2 rings (SSSR count). The normalized spacial score (nSPS) is 23.3. The molecule has 0 spiro atoms. The third-order valence-corrected chi connectivity index (χ3v) is 4.03. The molecule has 106 valence electrons. The first-order valence-corrected chi connectivity index (χ1v) is 7.41. The summed E-state index contributed by atoms with van der Waals surface area (Å²) in [6.07, 6.45) is 1.43. The lowest BCUT2D eigenvalue weighted by atomic mass is 9.88. The molecular formula is C17H27NO. The van der Waals surface area contributed by atoms with Crippen LogP contribution in [0.1, 0.15) is 48.6 Å². The average Bonchev–Trinajstić information content (AvgIpc) is 2.73. The van der Waals surface area contributed by atoms with E-state index in [2.05, 4.69) is 52.1 Å². The van der Waals surface area contributed by atoms with Gasteiger partial charge in [-0.05, 0) is 43.9 Å². The minimum absolute atomic E-state index is 0.270. The second kappa shape index (κ2) is 6.06. The van der Waals surface area contributed by atoms with Crippen molar-refractivity contribution in [2.75, 3.05) is 13.2 Å². The average molecular weight is 261 g/mol. The summed E-state index contributed by atoms with van der Waals surface area (Å²) in [6, 6.07) is 5.09. The SMILES string of the molecule is Cc1cc(C)c(C2OCCC2CNC(C)C)c(C)c1. The van der Waals surface area contributed by atoms with Crippen LogP contribution in [0.2, 0.25) is 0 Å². The van der Waals surface area contributed by atoms with Crippen molar-refractivity contribution in [2.24, 2.45) is 5.92 Å². The highest BCUT2D eigenvalue weighted by Crippen LogP contribution is 2.37. The molecule has 0 aromatic heterocycles. The lowest BCUT2D eigenvalue weighted by Crippen LogP contribution is -2.30. The number of rotatable bonds is 4. The second-order valence-corrected chi connectivity index (χ2v) is 6.22. The van der Waals surface area contributed by atoms with Crippen molar-refractivity contribution in [2.45, 2.75) is 53.2 Å². The highest BCUT2D eigenvalue weighted by Gasteiger charge is 2.31. The van der Waals surface area contributed by atoms with E-state index in [-0.39, 0.29) is 6.10 Å². The summed E-state index contributed by atoms with van der Waals surface area (Å²) in [5.74, 6) is 0.600. The molecule has 2 unspecified atom stereocenters. The van der Waals surface area contributed by atoms with E-state index < -0.39 is 0 Å². The first-order chi connectivity index (χ1) is 8.99. The Morgan fingerprint density at radius 1 is 1.21 bits per heavy atom. The Kier molecular flexibility index (Phi) is 4.64. The number of aryl methyl sites for hydroxylation is 3. The Hall–Kier alpha value is -0.860. The summed E-state index contributed by atoms with van der Waals surface area (Å²) in [5.41, 5.74) is 5.50. The van der Waals surface area contributed by atoms with Crippen LogP contribution in [0.5, 0.6) is 0 Å². The van der Waals surface area contributed by atoms with Crippen LogP contribution >= 0.6 is 0 Å². The molecule has 1 saturated heterocycles. The van der Waals surface area contributed by atoms with Gasteiger partial charge >= 0.3 is 0 Å². The number of nitrogens with one attached hydrogen (secondary N) is 1. The summed E-state index contributed by atoms with van der Waals surface area (Å²) >= 11 is 0. The van der Waals surface area contributed by atoms with Gasteiger partial charge in [-0.3, -0.25) is 0 Å². The minimum Gasteiger partial charge on any atom is -0.373 e. The molecular weight excluding hydrogens is 234 g/mol. The molecule has 1 aliphatic heterocycles. The third kappa shape index (κ3) is 3.37. The molecule has 0 aliphatic carbocycles. The van der Waals surface area contributed by atoms with Crippen LogP contribution in [0.3, 0.4) is 0 Å². The topological polar surface area (TPSA) is 21.3 Å². The predicted molar refractivity (Wildman–Crippen MR) is 80.6 cm³/mol. The summed E-state index contributed by atoms with van der Waals surface area (Å²) in [5, 5.41) is 3.56. The summed E-state index contributed by atoms with van der Waals surface area (Å²) < 4.78 is 6.05. The van der Waals surface area contributed by atoms with Crippen molar-refractivity contribution in [3.8, 4) is 0 Å². The van der Waals surface area contributed by atoms with Crippen LogP contribution in [0, 0.1) is 26.7 Å². The Morgan fingerprint density at radius 2 is 1.84 bits per heavy atom. The Morgan fingerprint density at radius 3 is 2.42 bits per heavy atom. The van der Waals surface area contributed by atoms with E-state index in [4.69, 9.17) is 4.74 Å².